The molecule has 0 saturated carbocycles. The standard InChI is InChI=1S/C20H35N3O3/c1-4-8-17(11-12-24)16-22-20(21-5-2)23-18-9-6-10-19(15-18)26-14-7-13-25-3/h6,9-10,15,17,24H,4-5,7-8,11-14,16H2,1-3H3,(H2,21,22,23). The summed E-state index contributed by atoms with van der Waals surface area (Å²) in [5, 5.41) is 15.8. The average Bonchev–Trinajstić information content (AvgIpc) is 2.64. The smallest absolute Gasteiger partial charge is 0.195 e. The number of rotatable bonds is 13. The van der Waals surface area contributed by atoms with Crippen molar-refractivity contribution < 1.29 is 14.6 Å². The summed E-state index contributed by atoms with van der Waals surface area (Å²) in [5.41, 5.74) is 0.933. The van der Waals surface area contributed by atoms with E-state index in [2.05, 4.69) is 22.5 Å². The first-order valence-electron chi connectivity index (χ1n) is 9.61. The zero-order valence-electron chi connectivity index (χ0n) is 16.5. The summed E-state index contributed by atoms with van der Waals surface area (Å²) < 4.78 is 10.8. The Morgan fingerprint density at radius 3 is 2.77 bits per heavy atom. The van der Waals surface area contributed by atoms with Crippen molar-refractivity contribution in [2.75, 3.05) is 45.3 Å². The molecule has 0 fully saturated rings. The second kappa shape index (κ2) is 14.4. The first-order valence-corrected chi connectivity index (χ1v) is 9.61. The molecule has 3 N–H and O–H groups in total. The van der Waals surface area contributed by atoms with Gasteiger partial charge in [-0.2, -0.15) is 0 Å². The third kappa shape index (κ3) is 9.63. The van der Waals surface area contributed by atoms with Crippen molar-refractivity contribution in [2.45, 2.75) is 39.5 Å². The van der Waals surface area contributed by atoms with Crippen molar-refractivity contribution in [1.82, 2.24) is 5.32 Å². The van der Waals surface area contributed by atoms with Gasteiger partial charge in [-0.05, 0) is 37.8 Å². The van der Waals surface area contributed by atoms with Gasteiger partial charge in [-0.25, -0.2) is 0 Å². The highest BCUT2D eigenvalue weighted by molar-refractivity contribution is 5.93. The van der Waals surface area contributed by atoms with E-state index < -0.39 is 0 Å². The Morgan fingerprint density at radius 1 is 1.23 bits per heavy atom. The molecule has 0 aliphatic heterocycles. The second-order valence-corrected chi connectivity index (χ2v) is 6.23. The second-order valence-electron chi connectivity index (χ2n) is 6.23. The highest BCUT2D eigenvalue weighted by atomic mass is 16.5. The number of hydrogen-bond donors (Lipinski definition) is 3. The van der Waals surface area contributed by atoms with E-state index in [1.165, 1.54) is 0 Å². The SMILES string of the molecule is CCCC(CCO)CN=C(NCC)Nc1cccc(OCCCOC)c1. The highest BCUT2D eigenvalue weighted by Crippen LogP contribution is 2.18. The van der Waals surface area contributed by atoms with Gasteiger partial charge in [0.2, 0.25) is 0 Å². The molecule has 6 heteroatoms. The Bertz CT molecular complexity index is 503. The van der Waals surface area contributed by atoms with Gasteiger partial charge in [-0.3, -0.25) is 4.99 Å². The molecule has 0 aliphatic rings. The molecule has 0 spiro atoms. The van der Waals surface area contributed by atoms with Crippen LogP contribution in [0.25, 0.3) is 0 Å². The van der Waals surface area contributed by atoms with Crippen molar-refractivity contribution in [1.29, 1.82) is 0 Å². The van der Waals surface area contributed by atoms with Gasteiger partial charge in [-0.1, -0.05) is 19.4 Å². The summed E-state index contributed by atoms with van der Waals surface area (Å²) in [4.78, 5) is 4.69. The normalized spacial score (nSPS) is 12.7. The average molecular weight is 366 g/mol. The quantitative estimate of drug-likeness (QED) is 0.284. The number of hydrogen-bond acceptors (Lipinski definition) is 4. The van der Waals surface area contributed by atoms with E-state index in [9.17, 15) is 5.11 Å². The lowest BCUT2D eigenvalue weighted by Crippen LogP contribution is -2.31. The zero-order chi connectivity index (χ0) is 19.0. The number of nitrogens with one attached hydrogen (secondary N) is 2. The van der Waals surface area contributed by atoms with Crippen LogP contribution < -0.4 is 15.4 Å². The van der Waals surface area contributed by atoms with Gasteiger partial charge in [0, 0.05) is 51.6 Å². The summed E-state index contributed by atoms with van der Waals surface area (Å²) >= 11 is 0. The van der Waals surface area contributed by atoms with Crippen molar-refractivity contribution in [3.05, 3.63) is 24.3 Å². The van der Waals surface area contributed by atoms with E-state index in [1.54, 1.807) is 7.11 Å². The van der Waals surface area contributed by atoms with Crippen LogP contribution in [0.1, 0.15) is 39.5 Å². The van der Waals surface area contributed by atoms with Crippen LogP contribution in [-0.4, -0.2) is 51.1 Å². The Balaban J connectivity index is 2.66. The van der Waals surface area contributed by atoms with Crippen LogP contribution in [0.5, 0.6) is 5.75 Å². The van der Waals surface area contributed by atoms with Crippen molar-refractivity contribution in [3.63, 3.8) is 0 Å². The maximum Gasteiger partial charge on any atom is 0.195 e. The van der Waals surface area contributed by atoms with Crippen molar-refractivity contribution in [2.24, 2.45) is 10.9 Å². The summed E-state index contributed by atoms with van der Waals surface area (Å²) in [6.07, 6.45) is 3.84. The Morgan fingerprint density at radius 2 is 2.08 bits per heavy atom. The minimum Gasteiger partial charge on any atom is -0.493 e. The lowest BCUT2D eigenvalue weighted by molar-refractivity contribution is 0.172. The number of guanidine groups is 1. The molecule has 1 aromatic carbocycles. The third-order valence-corrected chi connectivity index (χ3v) is 3.94. The van der Waals surface area contributed by atoms with E-state index in [0.29, 0.717) is 25.7 Å². The van der Waals surface area contributed by atoms with Gasteiger partial charge in [0.15, 0.2) is 5.96 Å². The van der Waals surface area contributed by atoms with Crippen LogP contribution >= 0.6 is 0 Å². The van der Waals surface area contributed by atoms with Gasteiger partial charge in [-0.15, -0.1) is 0 Å². The topological polar surface area (TPSA) is 75.1 Å². The molecule has 0 saturated heterocycles. The molecule has 6 nitrogen and oxygen atoms in total. The molecule has 0 aliphatic carbocycles. The molecule has 0 amide bonds. The van der Waals surface area contributed by atoms with Crippen LogP contribution in [0.15, 0.2) is 29.3 Å². The molecule has 1 rings (SSSR count). The molecule has 0 bridgehead atoms. The molecule has 1 aromatic rings. The van der Waals surface area contributed by atoms with Gasteiger partial charge in [0.1, 0.15) is 5.75 Å². The van der Waals surface area contributed by atoms with Crippen LogP contribution in [0.4, 0.5) is 5.69 Å². The number of aliphatic imine (C=N–C) groups is 1. The minimum atomic E-state index is 0.215. The van der Waals surface area contributed by atoms with E-state index in [1.807, 2.05) is 31.2 Å². The number of nitrogens with zero attached hydrogens (tertiary/aromatic N) is 1. The predicted molar refractivity (Wildman–Crippen MR) is 108 cm³/mol. The van der Waals surface area contributed by atoms with E-state index in [4.69, 9.17) is 9.47 Å². The Kier molecular flexibility index (Phi) is 12.3. The van der Waals surface area contributed by atoms with E-state index >= 15 is 0 Å². The highest BCUT2D eigenvalue weighted by Gasteiger charge is 2.08. The number of anilines is 1. The Hall–Kier alpha value is -1.79. The number of ether oxygens (including phenoxy) is 2. The van der Waals surface area contributed by atoms with Crippen LogP contribution in [0.2, 0.25) is 0 Å². The molecular weight excluding hydrogens is 330 g/mol. The first kappa shape index (κ1) is 22.3. The number of aliphatic hydroxyl groups is 1. The first-order chi connectivity index (χ1) is 12.7. The largest absolute Gasteiger partial charge is 0.493 e. The zero-order valence-corrected chi connectivity index (χ0v) is 16.5. The molecule has 26 heavy (non-hydrogen) atoms. The van der Waals surface area contributed by atoms with Gasteiger partial charge in [0.25, 0.3) is 0 Å². The lowest BCUT2D eigenvalue weighted by Gasteiger charge is -2.16. The van der Waals surface area contributed by atoms with Gasteiger partial charge >= 0.3 is 0 Å². The molecule has 1 unspecified atom stereocenters. The fourth-order valence-electron chi connectivity index (χ4n) is 2.64. The maximum absolute atomic E-state index is 9.20. The van der Waals surface area contributed by atoms with Crippen LogP contribution in [0.3, 0.4) is 0 Å². The van der Waals surface area contributed by atoms with E-state index in [-0.39, 0.29) is 6.61 Å². The van der Waals surface area contributed by atoms with Crippen molar-refractivity contribution in [3.8, 4) is 5.75 Å². The van der Waals surface area contributed by atoms with Crippen molar-refractivity contribution >= 4 is 11.6 Å². The summed E-state index contributed by atoms with van der Waals surface area (Å²) in [5.74, 6) is 1.99. The molecular formula is C20H35N3O3. The van der Waals surface area contributed by atoms with Crippen LogP contribution in [0, 0.1) is 5.92 Å². The van der Waals surface area contributed by atoms with Crippen LogP contribution in [-0.2, 0) is 4.74 Å². The number of methoxy groups -OCH3 is 1. The monoisotopic (exact) mass is 365 g/mol. The summed E-state index contributed by atoms with van der Waals surface area (Å²) in [7, 11) is 1.69. The molecule has 0 radical (unpaired) electrons. The minimum absolute atomic E-state index is 0.215. The van der Waals surface area contributed by atoms with Gasteiger partial charge < -0.3 is 25.2 Å². The van der Waals surface area contributed by atoms with Gasteiger partial charge in [0.05, 0.1) is 6.61 Å². The number of benzene rings is 1. The molecule has 148 valence electrons. The fraction of sp³-hybridized carbons (Fsp3) is 0.650. The third-order valence-electron chi connectivity index (χ3n) is 3.94. The fourth-order valence-corrected chi connectivity index (χ4v) is 2.64. The molecule has 1 atom stereocenters. The molecule has 0 aromatic heterocycles. The maximum atomic E-state index is 9.20. The summed E-state index contributed by atoms with van der Waals surface area (Å²) in [6.45, 7) is 7.24. The molecule has 0 heterocycles. The summed E-state index contributed by atoms with van der Waals surface area (Å²) in [6, 6.07) is 7.87. The Labute approximate surface area is 158 Å². The van der Waals surface area contributed by atoms with E-state index in [0.717, 1.165) is 49.6 Å². The number of aliphatic hydroxyl groups excluding tert-OH is 1. The lowest BCUT2D eigenvalue weighted by atomic mass is 10.0. The predicted octanol–water partition coefficient (Wildman–Crippen LogP) is 3.28.